The second kappa shape index (κ2) is 4.71. The molecule has 4 fully saturated rings. The van der Waals surface area contributed by atoms with Crippen LogP contribution in [0, 0.1) is 29.1 Å². The van der Waals surface area contributed by atoms with E-state index in [0.29, 0.717) is 6.54 Å². The molecule has 2 amide bonds. The lowest BCUT2D eigenvalue weighted by Crippen LogP contribution is -2.54. The Balaban J connectivity index is 1.50. The molecule has 0 bridgehead atoms. The van der Waals surface area contributed by atoms with Crippen LogP contribution >= 0.6 is 0 Å². The van der Waals surface area contributed by atoms with Crippen LogP contribution < -0.4 is 5.32 Å². The van der Waals surface area contributed by atoms with Gasteiger partial charge in [-0.2, -0.15) is 0 Å². The summed E-state index contributed by atoms with van der Waals surface area (Å²) in [6.45, 7) is 4.66. The molecule has 0 aromatic heterocycles. The van der Waals surface area contributed by atoms with Crippen LogP contribution in [0.3, 0.4) is 0 Å². The predicted octanol–water partition coefficient (Wildman–Crippen LogP) is 0.859. The Labute approximate surface area is 135 Å². The average molecular weight is 320 g/mol. The van der Waals surface area contributed by atoms with Crippen LogP contribution in [-0.2, 0) is 14.4 Å². The van der Waals surface area contributed by atoms with Gasteiger partial charge >= 0.3 is 5.97 Å². The lowest BCUT2D eigenvalue weighted by Gasteiger charge is -2.31. The highest BCUT2D eigenvalue weighted by Crippen LogP contribution is 2.65. The van der Waals surface area contributed by atoms with Crippen molar-refractivity contribution in [3.63, 3.8) is 0 Å². The molecule has 1 heterocycles. The average Bonchev–Trinajstić information content (AvgIpc) is 3.36. The molecule has 126 valence electrons. The first-order valence-corrected chi connectivity index (χ1v) is 8.66. The third-order valence-electron chi connectivity index (χ3n) is 6.35. The summed E-state index contributed by atoms with van der Waals surface area (Å²) in [5, 5.41) is 12.5. The standard InChI is InChI=1S/C17H24N2O4/c1-17(2)10-7-19(13(11(10)17)16(22)23)15(21)12(8-3-4-8)18-14(20)9-5-6-9/h8-13H,3-7H2,1-2H3,(H,18,20)(H,22,23)/t10-,11-,12-,13-/m0/s1. The zero-order chi connectivity index (χ0) is 16.5. The topological polar surface area (TPSA) is 86.7 Å². The smallest absolute Gasteiger partial charge is 0.326 e. The molecule has 6 heteroatoms. The maximum absolute atomic E-state index is 12.9. The number of likely N-dealkylation sites (tertiary alicyclic amines) is 1. The lowest BCUT2D eigenvalue weighted by atomic mass is 10.00. The van der Waals surface area contributed by atoms with E-state index in [9.17, 15) is 19.5 Å². The van der Waals surface area contributed by atoms with Crippen LogP contribution in [-0.4, -0.2) is 46.4 Å². The van der Waals surface area contributed by atoms with Crippen LogP contribution in [0.5, 0.6) is 0 Å². The number of fused-ring (bicyclic) bond motifs is 1. The van der Waals surface area contributed by atoms with Crippen molar-refractivity contribution in [2.45, 2.75) is 51.6 Å². The van der Waals surface area contributed by atoms with Crippen molar-refractivity contribution in [1.29, 1.82) is 0 Å². The summed E-state index contributed by atoms with van der Waals surface area (Å²) < 4.78 is 0. The number of hydrogen-bond donors (Lipinski definition) is 2. The number of piperidine rings is 1. The third kappa shape index (κ3) is 2.34. The van der Waals surface area contributed by atoms with Crippen LogP contribution in [0.4, 0.5) is 0 Å². The Morgan fingerprint density at radius 3 is 2.35 bits per heavy atom. The van der Waals surface area contributed by atoms with Gasteiger partial charge in [-0.25, -0.2) is 4.79 Å². The summed E-state index contributed by atoms with van der Waals surface area (Å²) in [5.41, 5.74) is 0.00613. The minimum Gasteiger partial charge on any atom is -0.480 e. The van der Waals surface area contributed by atoms with E-state index in [0.717, 1.165) is 25.7 Å². The molecule has 3 aliphatic carbocycles. The van der Waals surface area contributed by atoms with Crippen molar-refractivity contribution in [3.8, 4) is 0 Å². The summed E-state index contributed by atoms with van der Waals surface area (Å²) in [4.78, 5) is 38.2. The molecule has 1 aliphatic heterocycles. The zero-order valence-corrected chi connectivity index (χ0v) is 13.6. The van der Waals surface area contributed by atoms with Gasteiger partial charge in [-0.3, -0.25) is 9.59 Å². The second-order valence-electron chi connectivity index (χ2n) is 8.33. The molecule has 23 heavy (non-hydrogen) atoms. The maximum atomic E-state index is 12.9. The molecule has 0 unspecified atom stereocenters. The van der Waals surface area contributed by atoms with E-state index in [2.05, 4.69) is 19.2 Å². The normalized spacial score (nSPS) is 35.4. The van der Waals surface area contributed by atoms with Gasteiger partial charge in [0.15, 0.2) is 0 Å². The number of carbonyl (C=O) groups excluding carboxylic acids is 2. The Kier molecular flexibility index (Phi) is 3.06. The molecule has 0 radical (unpaired) electrons. The molecule has 4 atom stereocenters. The lowest BCUT2D eigenvalue weighted by molar-refractivity contribution is -0.151. The fourth-order valence-electron chi connectivity index (χ4n) is 4.40. The van der Waals surface area contributed by atoms with Crippen molar-refractivity contribution in [3.05, 3.63) is 0 Å². The molecule has 3 saturated carbocycles. The number of carbonyl (C=O) groups is 3. The summed E-state index contributed by atoms with van der Waals surface area (Å²) in [6, 6.07) is -1.26. The molecule has 0 aromatic carbocycles. The highest BCUT2D eigenvalue weighted by atomic mass is 16.4. The molecular formula is C17H24N2O4. The van der Waals surface area contributed by atoms with E-state index in [1.54, 1.807) is 0 Å². The quantitative estimate of drug-likeness (QED) is 0.786. The third-order valence-corrected chi connectivity index (χ3v) is 6.35. The Bertz CT molecular complexity index is 579. The number of hydrogen-bond acceptors (Lipinski definition) is 3. The highest BCUT2D eigenvalue weighted by molar-refractivity contribution is 5.93. The zero-order valence-electron chi connectivity index (χ0n) is 13.6. The van der Waals surface area contributed by atoms with Gasteiger partial charge in [0.1, 0.15) is 12.1 Å². The summed E-state index contributed by atoms with van der Waals surface area (Å²) in [6.07, 6.45) is 3.67. The van der Waals surface area contributed by atoms with Crippen LogP contribution in [0.25, 0.3) is 0 Å². The monoisotopic (exact) mass is 320 g/mol. The van der Waals surface area contributed by atoms with Gasteiger partial charge in [-0.1, -0.05) is 13.8 Å². The molecule has 2 N–H and O–H groups in total. The van der Waals surface area contributed by atoms with E-state index in [1.807, 2.05) is 0 Å². The number of nitrogens with one attached hydrogen (secondary N) is 1. The summed E-state index contributed by atoms with van der Waals surface area (Å²) >= 11 is 0. The minimum absolute atomic E-state index is 0.00613. The predicted molar refractivity (Wildman–Crippen MR) is 81.3 cm³/mol. The van der Waals surface area contributed by atoms with Gasteiger partial charge in [0.05, 0.1) is 0 Å². The molecule has 0 spiro atoms. The molecule has 4 aliphatic rings. The highest BCUT2D eigenvalue weighted by Gasteiger charge is 2.70. The summed E-state index contributed by atoms with van der Waals surface area (Å²) in [7, 11) is 0. The summed E-state index contributed by atoms with van der Waals surface area (Å²) in [5.74, 6) is -0.576. The molecule has 1 saturated heterocycles. The SMILES string of the molecule is CC1(C)[C@@H]2[C@@H](C(=O)O)N(C(=O)[C@@H](NC(=O)C3CC3)C3CC3)C[C@@H]21. The van der Waals surface area contributed by atoms with E-state index in [-0.39, 0.29) is 40.9 Å². The molecule has 4 rings (SSSR count). The first-order chi connectivity index (χ1) is 10.8. The van der Waals surface area contributed by atoms with E-state index >= 15 is 0 Å². The van der Waals surface area contributed by atoms with Crippen molar-refractivity contribution < 1.29 is 19.5 Å². The van der Waals surface area contributed by atoms with Crippen molar-refractivity contribution in [1.82, 2.24) is 10.2 Å². The van der Waals surface area contributed by atoms with Gasteiger partial charge in [0.25, 0.3) is 0 Å². The van der Waals surface area contributed by atoms with Gasteiger partial charge in [0, 0.05) is 18.4 Å². The molecule has 0 aromatic rings. The van der Waals surface area contributed by atoms with E-state index in [1.165, 1.54) is 4.90 Å². The second-order valence-corrected chi connectivity index (χ2v) is 8.33. The number of aliphatic carboxylic acids is 1. The van der Waals surface area contributed by atoms with Gasteiger partial charge < -0.3 is 15.3 Å². The Morgan fingerprint density at radius 1 is 1.17 bits per heavy atom. The van der Waals surface area contributed by atoms with Gasteiger partial charge in [-0.15, -0.1) is 0 Å². The first kappa shape index (κ1) is 15.0. The molecule has 6 nitrogen and oxygen atoms in total. The van der Waals surface area contributed by atoms with Crippen molar-refractivity contribution in [2.24, 2.45) is 29.1 Å². The number of nitrogens with zero attached hydrogens (tertiary/aromatic N) is 1. The minimum atomic E-state index is -0.917. The van der Waals surface area contributed by atoms with Crippen LogP contribution in [0.2, 0.25) is 0 Å². The first-order valence-electron chi connectivity index (χ1n) is 8.66. The maximum Gasteiger partial charge on any atom is 0.326 e. The van der Waals surface area contributed by atoms with Crippen molar-refractivity contribution in [2.75, 3.05) is 6.54 Å². The van der Waals surface area contributed by atoms with E-state index < -0.39 is 18.1 Å². The van der Waals surface area contributed by atoms with Gasteiger partial charge in [0.2, 0.25) is 11.8 Å². The fourth-order valence-corrected chi connectivity index (χ4v) is 4.40. The van der Waals surface area contributed by atoms with E-state index in [4.69, 9.17) is 0 Å². The fraction of sp³-hybridized carbons (Fsp3) is 0.824. The number of amides is 2. The Morgan fingerprint density at radius 2 is 1.83 bits per heavy atom. The number of rotatable bonds is 5. The van der Waals surface area contributed by atoms with Crippen molar-refractivity contribution >= 4 is 17.8 Å². The van der Waals surface area contributed by atoms with Gasteiger partial charge in [-0.05, 0) is 42.9 Å². The molecular weight excluding hydrogens is 296 g/mol. The number of carboxylic acids is 1. The van der Waals surface area contributed by atoms with Crippen LogP contribution in [0.1, 0.15) is 39.5 Å². The van der Waals surface area contributed by atoms with Crippen LogP contribution in [0.15, 0.2) is 0 Å². The number of carboxylic acid groups (broad SMARTS) is 1. The Hall–Kier alpha value is -1.59. The largest absolute Gasteiger partial charge is 0.480 e.